The summed E-state index contributed by atoms with van der Waals surface area (Å²) in [4.78, 5) is 25.4. The number of aliphatic hydroxyl groups is 1. The number of likely N-dealkylation sites (tertiary alicyclic amines) is 2. The molecule has 3 heterocycles. The van der Waals surface area contributed by atoms with Crippen molar-refractivity contribution in [2.45, 2.75) is 37.4 Å². The predicted molar refractivity (Wildman–Crippen MR) is 93.9 cm³/mol. The van der Waals surface area contributed by atoms with E-state index in [1.165, 1.54) is 11.8 Å². The number of hydrogen-bond donors (Lipinski definition) is 1. The van der Waals surface area contributed by atoms with Crippen molar-refractivity contribution >= 4 is 17.7 Å². The molecule has 0 unspecified atom stereocenters. The number of rotatable bonds is 4. The van der Waals surface area contributed by atoms with Gasteiger partial charge in [0.2, 0.25) is 5.91 Å². The first-order valence-corrected chi connectivity index (χ1v) is 9.54. The Balaban J connectivity index is 1.60. The molecule has 0 radical (unpaired) electrons. The minimum absolute atomic E-state index is 0.0312. The lowest BCUT2D eigenvalue weighted by molar-refractivity contribution is -0.137. The molecule has 7 heteroatoms. The van der Waals surface area contributed by atoms with Crippen LogP contribution < -0.4 is 0 Å². The molecule has 0 saturated carbocycles. The number of amides is 1. The van der Waals surface area contributed by atoms with Crippen molar-refractivity contribution in [2.75, 3.05) is 39.0 Å². The topological polar surface area (TPSA) is 69.6 Å². The average molecular weight is 350 g/mol. The Kier molecular flexibility index (Phi) is 5.42. The molecule has 1 N–H and O–H groups in total. The Morgan fingerprint density at radius 1 is 1.46 bits per heavy atom. The van der Waals surface area contributed by atoms with Crippen LogP contribution in [0.3, 0.4) is 0 Å². The number of nitrogens with zero attached hydrogens (tertiary/aromatic N) is 4. The third-order valence-electron chi connectivity index (χ3n) is 5.46. The second kappa shape index (κ2) is 7.37. The van der Waals surface area contributed by atoms with Crippen molar-refractivity contribution in [1.82, 2.24) is 19.8 Å². The average Bonchev–Trinajstić information content (AvgIpc) is 2.60. The van der Waals surface area contributed by atoms with E-state index in [-0.39, 0.29) is 24.0 Å². The predicted octanol–water partition coefficient (Wildman–Crippen LogP) is 1.18. The molecule has 6 nitrogen and oxygen atoms in total. The zero-order valence-corrected chi connectivity index (χ0v) is 15.3. The molecule has 2 aliphatic rings. The Labute approximate surface area is 147 Å². The summed E-state index contributed by atoms with van der Waals surface area (Å²) in [6.45, 7) is 4.63. The van der Waals surface area contributed by atoms with Crippen LogP contribution in [0.25, 0.3) is 0 Å². The zero-order valence-electron chi connectivity index (χ0n) is 14.4. The number of thioether (sulfide) groups is 1. The van der Waals surface area contributed by atoms with E-state index in [1.807, 2.05) is 17.9 Å². The lowest BCUT2D eigenvalue weighted by atomic mass is 9.69. The van der Waals surface area contributed by atoms with E-state index in [2.05, 4.69) is 21.9 Å². The first-order chi connectivity index (χ1) is 11.5. The van der Waals surface area contributed by atoms with Crippen molar-refractivity contribution in [3.63, 3.8) is 0 Å². The van der Waals surface area contributed by atoms with E-state index < -0.39 is 0 Å². The van der Waals surface area contributed by atoms with E-state index in [4.69, 9.17) is 0 Å². The number of hydrogen-bond acceptors (Lipinski definition) is 6. The summed E-state index contributed by atoms with van der Waals surface area (Å²) in [6, 6.07) is 2.11. The first-order valence-electron chi connectivity index (χ1n) is 8.55. The minimum Gasteiger partial charge on any atom is -0.396 e. The third-order valence-corrected chi connectivity index (χ3v) is 6.31. The maximum Gasteiger partial charge on any atom is 0.233 e. The van der Waals surface area contributed by atoms with Crippen LogP contribution in [0.2, 0.25) is 0 Å². The molecule has 2 fully saturated rings. The van der Waals surface area contributed by atoms with Gasteiger partial charge in [0.1, 0.15) is 0 Å². The highest BCUT2D eigenvalue weighted by Gasteiger charge is 2.47. The van der Waals surface area contributed by atoms with Crippen LogP contribution >= 0.6 is 11.8 Å². The van der Waals surface area contributed by atoms with E-state index in [9.17, 15) is 9.90 Å². The van der Waals surface area contributed by atoms with Gasteiger partial charge in [-0.2, -0.15) is 0 Å². The van der Waals surface area contributed by atoms with Crippen LogP contribution in [0, 0.1) is 12.3 Å². The number of piperidine rings is 2. The summed E-state index contributed by atoms with van der Waals surface area (Å²) in [5, 5.41) is 10.6. The number of likely N-dealkylation sites (N-methyl/N-ethyl adjacent to an activating group) is 1. The van der Waals surface area contributed by atoms with Gasteiger partial charge in [0.15, 0.2) is 5.16 Å². The van der Waals surface area contributed by atoms with Gasteiger partial charge < -0.3 is 14.9 Å². The molecule has 1 amide bonds. The molecule has 2 saturated heterocycles. The minimum atomic E-state index is -0.0312. The molecule has 24 heavy (non-hydrogen) atoms. The van der Waals surface area contributed by atoms with Gasteiger partial charge in [0.05, 0.1) is 12.4 Å². The molecule has 0 bridgehead atoms. The largest absolute Gasteiger partial charge is 0.396 e. The van der Waals surface area contributed by atoms with E-state index >= 15 is 0 Å². The highest BCUT2D eigenvalue weighted by Crippen LogP contribution is 2.41. The van der Waals surface area contributed by atoms with Gasteiger partial charge in [-0.15, -0.1) is 0 Å². The molecule has 0 spiro atoms. The summed E-state index contributed by atoms with van der Waals surface area (Å²) in [6.07, 6.45) is 4.80. The summed E-state index contributed by atoms with van der Waals surface area (Å²) in [7, 11) is 2.11. The summed E-state index contributed by atoms with van der Waals surface area (Å²) < 4.78 is 0. The number of aryl methyl sites for hydroxylation is 1. The standard InChI is InChI=1S/C17H26N4O2S/c1-13-4-7-18-16(19-13)24-11-15(23)21-9-6-17(12-22)5-3-8-20(2)14(17)10-21/h4,7,14,22H,3,5-6,8-12H2,1-2H3/t14-,17-/m1/s1. The van der Waals surface area contributed by atoms with E-state index in [0.717, 1.165) is 38.0 Å². The third kappa shape index (κ3) is 3.58. The molecule has 132 valence electrons. The second-order valence-electron chi connectivity index (χ2n) is 6.98. The van der Waals surface area contributed by atoms with E-state index in [0.29, 0.717) is 17.5 Å². The fourth-order valence-corrected chi connectivity index (χ4v) is 4.73. The molecular formula is C17H26N4O2S. The van der Waals surface area contributed by atoms with Crippen LogP contribution in [0.4, 0.5) is 0 Å². The zero-order chi connectivity index (χ0) is 17.2. The lowest BCUT2D eigenvalue weighted by Crippen LogP contribution is -2.62. The summed E-state index contributed by atoms with van der Waals surface area (Å²) in [5.41, 5.74) is 0.880. The van der Waals surface area contributed by atoms with Gasteiger partial charge >= 0.3 is 0 Å². The maximum absolute atomic E-state index is 12.6. The number of carbonyl (C=O) groups excluding carboxylic acids is 1. The molecule has 3 rings (SSSR count). The summed E-state index contributed by atoms with van der Waals surface area (Å²) in [5.74, 6) is 0.502. The monoisotopic (exact) mass is 350 g/mol. The van der Waals surface area contributed by atoms with Crippen molar-refractivity contribution in [1.29, 1.82) is 0 Å². The molecule has 1 aromatic heterocycles. The highest BCUT2D eigenvalue weighted by molar-refractivity contribution is 7.99. The smallest absolute Gasteiger partial charge is 0.233 e. The summed E-state index contributed by atoms with van der Waals surface area (Å²) >= 11 is 1.39. The van der Waals surface area contributed by atoms with Gasteiger partial charge in [-0.1, -0.05) is 11.8 Å². The normalized spacial score (nSPS) is 27.8. The van der Waals surface area contributed by atoms with E-state index in [1.54, 1.807) is 6.20 Å². The fourth-order valence-electron chi connectivity index (χ4n) is 3.96. The van der Waals surface area contributed by atoms with Crippen LogP contribution in [-0.4, -0.2) is 75.9 Å². The van der Waals surface area contributed by atoms with Gasteiger partial charge in [-0.3, -0.25) is 4.79 Å². The maximum atomic E-state index is 12.6. The SMILES string of the molecule is Cc1ccnc(SCC(=O)N2CC[C@@]3(CO)CCCN(C)[C@@H]3C2)n1. The molecular weight excluding hydrogens is 324 g/mol. The fraction of sp³-hybridized carbons (Fsp3) is 0.706. The molecule has 2 aliphatic heterocycles. The first kappa shape index (κ1) is 17.6. The van der Waals surface area contributed by atoms with Gasteiger partial charge in [0, 0.05) is 36.4 Å². The highest BCUT2D eigenvalue weighted by atomic mass is 32.2. The van der Waals surface area contributed by atoms with Crippen LogP contribution in [0.5, 0.6) is 0 Å². The number of aliphatic hydroxyl groups excluding tert-OH is 1. The van der Waals surface area contributed by atoms with Gasteiger partial charge in [-0.05, 0) is 45.8 Å². The number of aromatic nitrogens is 2. The van der Waals surface area contributed by atoms with Gasteiger partial charge in [-0.25, -0.2) is 9.97 Å². The van der Waals surface area contributed by atoms with Gasteiger partial charge in [0.25, 0.3) is 0 Å². The molecule has 1 aromatic rings. The Hall–Kier alpha value is -1.18. The molecule has 0 aromatic carbocycles. The van der Waals surface area contributed by atoms with Crippen molar-refractivity contribution in [3.05, 3.63) is 18.0 Å². The van der Waals surface area contributed by atoms with Crippen LogP contribution in [0.15, 0.2) is 17.4 Å². The lowest BCUT2D eigenvalue weighted by Gasteiger charge is -2.53. The van der Waals surface area contributed by atoms with Crippen molar-refractivity contribution < 1.29 is 9.90 Å². The quantitative estimate of drug-likeness (QED) is 0.650. The Morgan fingerprint density at radius 3 is 3.04 bits per heavy atom. The molecule has 0 aliphatic carbocycles. The van der Waals surface area contributed by atoms with Crippen molar-refractivity contribution in [3.8, 4) is 0 Å². The Bertz CT molecular complexity index is 600. The van der Waals surface area contributed by atoms with Crippen molar-refractivity contribution in [2.24, 2.45) is 5.41 Å². The van der Waals surface area contributed by atoms with Crippen LogP contribution in [-0.2, 0) is 4.79 Å². The van der Waals surface area contributed by atoms with Crippen LogP contribution in [0.1, 0.15) is 25.0 Å². The number of carbonyl (C=O) groups is 1. The number of fused-ring (bicyclic) bond motifs is 1. The Morgan fingerprint density at radius 2 is 2.29 bits per heavy atom. The second-order valence-corrected chi connectivity index (χ2v) is 7.92. The molecule has 2 atom stereocenters.